The molecule has 0 radical (unpaired) electrons. The van der Waals surface area contributed by atoms with E-state index < -0.39 is 32.4 Å². The van der Waals surface area contributed by atoms with Crippen LogP contribution in [0.5, 0.6) is 0 Å². The molecule has 326 valence electrons. The Morgan fingerprint density at radius 1 is 0.509 bits per heavy atom. The lowest BCUT2D eigenvalue weighted by Crippen LogP contribution is -2.46. The van der Waals surface area contributed by atoms with E-state index in [-0.39, 0.29) is 5.97 Å². The predicted molar refractivity (Wildman–Crippen MR) is 216 cm³/mol. The van der Waals surface area contributed by atoms with Crippen molar-refractivity contribution in [2.75, 3.05) is 114 Å². The van der Waals surface area contributed by atoms with Gasteiger partial charge in [0.25, 0.3) is 0 Å². The first-order valence-corrected chi connectivity index (χ1v) is 24.5. The summed E-state index contributed by atoms with van der Waals surface area (Å²) in [6.45, 7) is 30.3. The van der Waals surface area contributed by atoms with Crippen LogP contribution in [-0.4, -0.2) is 152 Å². The van der Waals surface area contributed by atoms with Crippen molar-refractivity contribution in [1.29, 1.82) is 0 Å². The van der Waals surface area contributed by atoms with Gasteiger partial charge in [-0.3, -0.25) is 0 Å². The molecular weight excluding hydrogens is 773 g/mol. The van der Waals surface area contributed by atoms with Crippen molar-refractivity contribution in [2.24, 2.45) is 0 Å². The van der Waals surface area contributed by atoms with Gasteiger partial charge in [0.2, 0.25) is 0 Å². The first-order chi connectivity index (χ1) is 26.4. The summed E-state index contributed by atoms with van der Waals surface area (Å²) in [5, 5.41) is 0. The second-order valence-electron chi connectivity index (χ2n) is 10.8. The average Bonchev–Trinajstić information content (AvgIpc) is 3.16. The number of methoxy groups -OCH3 is 3. The number of ether oxygens (including phenoxy) is 5. The molecule has 0 rings (SSSR count). The van der Waals surface area contributed by atoms with Crippen LogP contribution in [-0.2, 0) is 73.1 Å². The van der Waals surface area contributed by atoms with E-state index in [1.165, 1.54) is 0 Å². The van der Waals surface area contributed by atoms with E-state index >= 15 is 0 Å². The fraction of sp³-hybridized carbons (Fsp3) is 0.778. The maximum Gasteiger partial charge on any atom is 0.529 e. The Morgan fingerprint density at radius 3 is 1.09 bits per heavy atom. The first kappa shape index (κ1) is 57.7. The van der Waals surface area contributed by atoms with Crippen LogP contribution in [0.4, 0.5) is 0 Å². The molecule has 0 bridgehead atoms. The SMILES string of the molecule is C=C(C)C(=O)OCCC[Si](OCC)(OCC)OCC.C=CC(=O)OCCC[Si](OCC)(OCC)OCC.C=C[Si](OCCOC)(OCCOC)OCCOC. The quantitative estimate of drug-likeness (QED) is 0.0348. The number of rotatable bonds is 35. The van der Waals surface area contributed by atoms with E-state index in [9.17, 15) is 9.59 Å². The molecule has 0 saturated heterocycles. The number of carbonyl (C=O) groups excluding carboxylic acids is 2. The van der Waals surface area contributed by atoms with Crippen LogP contribution in [0.1, 0.15) is 61.3 Å². The zero-order valence-electron chi connectivity index (χ0n) is 35.5. The van der Waals surface area contributed by atoms with Gasteiger partial charge in [-0.05, 0) is 67.0 Å². The Morgan fingerprint density at radius 2 is 0.836 bits per heavy atom. The Bertz CT molecular complexity index is 900. The number of carbonyl (C=O) groups is 2. The summed E-state index contributed by atoms with van der Waals surface area (Å²) in [4.78, 5) is 22.1. The van der Waals surface area contributed by atoms with Gasteiger partial charge in [-0.25, -0.2) is 9.59 Å². The van der Waals surface area contributed by atoms with Gasteiger partial charge in [0.1, 0.15) is 0 Å². The van der Waals surface area contributed by atoms with E-state index in [0.717, 1.165) is 6.08 Å². The highest BCUT2D eigenvalue weighted by Gasteiger charge is 2.41. The summed E-state index contributed by atoms with van der Waals surface area (Å²) >= 11 is 0. The Hall–Kier alpha value is -1.67. The van der Waals surface area contributed by atoms with E-state index in [4.69, 9.17) is 63.5 Å². The molecular formula is C36H74O16Si3. The van der Waals surface area contributed by atoms with Crippen molar-refractivity contribution in [2.45, 2.75) is 73.4 Å². The zero-order valence-corrected chi connectivity index (χ0v) is 38.5. The van der Waals surface area contributed by atoms with Gasteiger partial charge in [-0.1, -0.05) is 19.7 Å². The van der Waals surface area contributed by atoms with E-state index in [1.807, 2.05) is 41.5 Å². The van der Waals surface area contributed by atoms with Crippen molar-refractivity contribution < 1.29 is 73.1 Å². The third-order valence-electron chi connectivity index (χ3n) is 6.45. The highest BCUT2D eigenvalue weighted by Crippen LogP contribution is 2.19. The molecule has 0 unspecified atom stereocenters. The standard InChI is InChI=1S/C13H26O5Si.C12H24O5Si.C11H24O6Si/c1-6-16-19(17-7-2,18-8-3)11-9-10-15-13(14)12(4)5;1-5-12(13)14-10-9-11-18(15-6-2,16-7-3)17-8-4;1-5-18(15-9-6-12-2,16-10-7-13-3)17-11-8-14-4/h4,6-11H2,1-3,5H3;2*5H,1,6-11H2,2-4H3. The van der Waals surface area contributed by atoms with Crippen molar-refractivity contribution in [3.8, 4) is 0 Å². The van der Waals surface area contributed by atoms with E-state index in [0.29, 0.717) is 123 Å². The molecule has 0 aliphatic heterocycles. The van der Waals surface area contributed by atoms with E-state index in [1.54, 1.807) is 34.0 Å². The summed E-state index contributed by atoms with van der Waals surface area (Å²) in [6.07, 6.45) is 2.47. The Kier molecular flexibility index (Phi) is 41.1. The third kappa shape index (κ3) is 31.1. The fourth-order valence-corrected chi connectivity index (χ4v) is 11.1. The van der Waals surface area contributed by atoms with Crippen LogP contribution >= 0.6 is 0 Å². The van der Waals surface area contributed by atoms with Crippen molar-refractivity contribution in [3.63, 3.8) is 0 Å². The average molecular weight is 847 g/mol. The molecule has 0 N–H and O–H groups in total. The minimum atomic E-state index is -2.86. The predicted octanol–water partition coefficient (Wildman–Crippen LogP) is 5.34. The summed E-state index contributed by atoms with van der Waals surface area (Å²) in [5.74, 6) is -0.775. The normalized spacial score (nSPS) is 11.5. The molecule has 0 aromatic heterocycles. The van der Waals surface area contributed by atoms with Gasteiger partial charge in [-0.2, -0.15) is 0 Å². The second kappa shape index (κ2) is 39.2. The Labute approximate surface area is 335 Å². The summed E-state index contributed by atoms with van der Waals surface area (Å²) in [7, 11) is -3.23. The molecule has 0 aromatic carbocycles. The molecule has 0 fully saturated rings. The molecule has 19 heteroatoms. The maximum absolute atomic E-state index is 11.2. The lowest BCUT2D eigenvalue weighted by molar-refractivity contribution is -0.139. The van der Waals surface area contributed by atoms with Crippen LogP contribution < -0.4 is 0 Å². The van der Waals surface area contributed by atoms with Gasteiger partial charge in [0.05, 0.1) is 52.9 Å². The lowest BCUT2D eigenvalue weighted by Gasteiger charge is -2.28. The number of hydrogen-bond acceptors (Lipinski definition) is 16. The maximum atomic E-state index is 11.2. The molecule has 55 heavy (non-hydrogen) atoms. The zero-order chi connectivity index (χ0) is 42.3. The van der Waals surface area contributed by atoms with Gasteiger partial charge in [0.15, 0.2) is 0 Å². The topological polar surface area (TPSA) is 163 Å². The molecule has 16 nitrogen and oxygen atoms in total. The highest BCUT2D eigenvalue weighted by molar-refractivity contribution is 6.66. The molecule has 0 atom stereocenters. The van der Waals surface area contributed by atoms with Crippen LogP contribution in [0, 0.1) is 0 Å². The molecule has 0 aliphatic rings. The van der Waals surface area contributed by atoms with Gasteiger partial charge in [-0.15, -0.1) is 0 Å². The highest BCUT2D eigenvalue weighted by atomic mass is 28.4. The first-order valence-electron chi connectivity index (χ1n) is 18.9. The number of hydrogen-bond donors (Lipinski definition) is 0. The van der Waals surface area contributed by atoms with Gasteiger partial charge >= 0.3 is 38.4 Å². The Balaban J connectivity index is -0.000000738. The molecule has 0 aromatic rings. The van der Waals surface area contributed by atoms with Crippen molar-refractivity contribution in [3.05, 3.63) is 37.1 Å². The van der Waals surface area contributed by atoms with Crippen LogP contribution in [0.15, 0.2) is 37.1 Å². The summed E-state index contributed by atoms with van der Waals surface area (Å²) in [5.41, 5.74) is 2.01. The molecule has 0 aliphatic carbocycles. The molecule has 0 saturated carbocycles. The number of esters is 2. The van der Waals surface area contributed by atoms with Gasteiger partial charge in [0, 0.05) is 84.7 Å². The smallest absolute Gasteiger partial charge is 0.463 e. The van der Waals surface area contributed by atoms with Crippen molar-refractivity contribution in [1.82, 2.24) is 0 Å². The van der Waals surface area contributed by atoms with Crippen molar-refractivity contribution >= 4 is 38.4 Å². The monoisotopic (exact) mass is 846 g/mol. The minimum Gasteiger partial charge on any atom is -0.463 e. The van der Waals surface area contributed by atoms with Crippen LogP contribution in [0.25, 0.3) is 0 Å². The fourth-order valence-electron chi connectivity index (χ4n) is 4.20. The largest absolute Gasteiger partial charge is 0.529 e. The molecule has 0 amide bonds. The summed E-state index contributed by atoms with van der Waals surface area (Å²) in [6, 6.07) is 1.29. The van der Waals surface area contributed by atoms with Crippen LogP contribution in [0.2, 0.25) is 12.1 Å². The lowest BCUT2D eigenvalue weighted by atomic mass is 10.4. The van der Waals surface area contributed by atoms with Crippen LogP contribution in [0.3, 0.4) is 0 Å². The van der Waals surface area contributed by atoms with E-state index in [2.05, 4.69) is 19.7 Å². The molecule has 0 spiro atoms. The third-order valence-corrected chi connectivity index (χ3v) is 15.1. The van der Waals surface area contributed by atoms with Gasteiger partial charge < -0.3 is 63.5 Å². The second-order valence-corrected chi connectivity index (χ2v) is 18.7. The molecule has 0 heterocycles. The summed E-state index contributed by atoms with van der Waals surface area (Å²) < 4.78 is 75.9. The minimum absolute atomic E-state index is 0.326.